The van der Waals surface area contributed by atoms with Crippen LogP contribution in [0.4, 0.5) is 4.39 Å². The van der Waals surface area contributed by atoms with Crippen LogP contribution in [-0.4, -0.2) is 20.0 Å². The molecule has 0 radical (unpaired) electrons. The highest BCUT2D eigenvalue weighted by atomic mass is 19.1. The zero-order valence-corrected chi connectivity index (χ0v) is 10.8. The first-order valence-corrected chi connectivity index (χ1v) is 5.27. The van der Waals surface area contributed by atoms with Crippen molar-refractivity contribution in [2.24, 2.45) is 0 Å². The third-order valence-electron chi connectivity index (χ3n) is 2.54. The third-order valence-corrected chi connectivity index (χ3v) is 2.54. The lowest BCUT2D eigenvalue weighted by Gasteiger charge is -2.20. The molecule has 0 aromatic heterocycles. The first-order valence-electron chi connectivity index (χ1n) is 5.27. The summed E-state index contributed by atoms with van der Waals surface area (Å²) < 4.78 is 24.2. The maximum atomic E-state index is 14.0. The second-order valence-electron chi connectivity index (χ2n) is 4.28. The lowest BCUT2D eigenvalue weighted by Crippen LogP contribution is -2.12. The Morgan fingerprint density at radius 2 is 1.71 bits per heavy atom. The van der Waals surface area contributed by atoms with Gasteiger partial charge in [0.1, 0.15) is 17.2 Å². The lowest BCUT2D eigenvalue weighted by molar-refractivity contribution is 0.101. The van der Waals surface area contributed by atoms with E-state index in [-0.39, 0.29) is 5.78 Å². The zero-order chi connectivity index (χ0) is 13.2. The zero-order valence-electron chi connectivity index (χ0n) is 10.8. The molecule has 3 nitrogen and oxygen atoms in total. The highest BCUT2D eigenvalue weighted by Gasteiger charge is 2.26. The van der Waals surface area contributed by atoms with E-state index in [0.717, 1.165) is 0 Å². The molecule has 0 heterocycles. The maximum Gasteiger partial charge on any atom is 0.163 e. The summed E-state index contributed by atoms with van der Waals surface area (Å²) >= 11 is 0. The average molecular weight is 240 g/mol. The Labute approximate surface area is 101 Å². The second kappa shape index (κ2) is 4.73. The smallest absolute Gasteiger partial charge is 0.163 e. The molecule has 0 spiro atoms. The Balaban J connectivity index is 3.49. The number of rotatable bonds is 4. The number of benzene rings is 1. The van der Waals surface area contributed by atoms with Gasteiger partial charge in [-0.25, -0.2) is 4.39 Å². The average Bonchev–Trinajstić information content (AvgIpc) is 2.25. The molecule has 0 N–H and O–H groups in total. The molecular formula is C13H17FO3. The van der Waals surface area contributed by atoms with Crippen LogP contribution in [0.2, 0.25) is 0 Å². The van der Waals surface area contributed by atoms with Gasteiger partial charge >= 0.3 is 0 Å². The number of hydrogen-bond acceptors (Lipinski definition) is 3. The second-order valence-corrected chi connectivity index (χ2v) is 4.28. The van der Waals surface area contributed by atoms with Gasteiger partial charge in [-0.1, -0.05) is 0 Å². The van der Waals surface area contributed by atoms with Crippen LogP contribution in [0.1, 0.15) is 36.7 Å². The topological polar surface area (TPSA) is 35.5 Å². The molecule has 0 saturated heterocycles. The number of halogens is 1. The van der Waals surface area contributed by atoms with E-state index >= 15 is 0 Å². The summed E-state index contributed by atoms with van der Waals surface area (Å²) in [7, 11) is 2.89. The van der Waals surface area contributed by atoms with Crippen molar-refractivity contribution in [1.29, 1.82) is 0 Å². The van der Waals surface area contributed by atoms with Crippen LogP contribution in [0.3, 0.4) is 0 Å². The van der Waals surface area contributed by atoms with Gasteiger partial charge in [-0.15, -0.1) is 0 Å². The summed E-state index contributed by atoms with van der Waals surface area (Å²) in [4.78, 5) is 11.4. The molecular weight excluding hydrogens is 223 g/mol. The SMILES string of the molecule is COc1cc(C(C)(C)F)c(OC)cc1C(C)=O. The first-order chi connectivity index (χ1) is 7.81. The number of ketones is 1. The molecule has 0 saturated carbocycles. The standard InChI is InChI=1S/C13H17FO3/c1-8(15)9-6-12(17-5)10(13(2,3)14)7-11(9)16-4/h6-7H,1-5H3. The molecule has 17 heavy (non-hydrogen) atoms. The van der Waals surface area contributed by atoms with Gasteiger partial charge in [-0.3, -0.25) is 4.79 Å². The molecule has 0 aliphatic rings. The van der Waals surface area contributed by atoms with Crippen LogP contribution in [0.25, 0.3) is 0 Å². The van der Waals surface area contributed by atoms with E-state index < -0.39 is 5.67 Å². The van der Waals surface area contributed by atoms with Crippen LogP contribution in [-0.2, 0) is 5.67 Å². The highest BCUT2D eigenvalue weighted by Crippen LogP contribution is 2.37. The molecule has 0 unspecified atom stereocenters. The molecule has 0 aliphatic carbocycles. The van der Waals surface area contributed by atoms with Gasteiger partial charge in [0.2, 0.25) is 0 Å². The molecule has 0 bridgehead atoms. The molecule has 0 amide bonds. The van der Waals surface area contributed by atoms with E-state index in [1.165, 1.54) is 47.1 Å². The summed E-state index contributed by atoms with van der Waals surface area (Å²) in [6.07, 6.45) is 0. The summed E-state index contributed by atoms with van der Waals surface area (Å²) in [5.41, 5.74) is -0.812. The van der Waals surface area contributed by atoms with Gasteiger partial charge in [0, 0.05) is 5.56 Å². The van der Waals surface area contributed by atoms with E-state index in [0.29, 0.717) is 22.6 Å². The highest BCUT2D eigenvalue weighted by molar-refractivity contribution is 5.97. The van der Waals surface area contributed by atoms with E-state index in [1.54, 1.807) is 0 Å². The van der Waals surface area contributed by atoms with Gasteiger partial charge in [-0.05, 0) is 32.9 Å². The molecule has 1 rings (SSSR count). The van der Waals surface area contributed by atoms with Gasteiger partial charge < -0.3 is 9.47 Å². The molecule has 0 atom stereocenters. The fraction of sp³-hybridized carbons (Fsp3) is 0.462. The summed E-state index contributed by atoms with van der Waals surface area (Å²) in [5.74, 6) is 0.561. The van der Waals surface area contributed by atoms with Gasteiger partial charge in [0.25, 0.3) is 0 Å². The Kier molecular flexibility index (Phi) is 3.76. The van der Waals surface area contributed by atoms with E-state index in [9.17, 15) is 9.18 Å². The summed E-state index contributed by atoms with van der Waals surface area (Å²) in [6, 6.07) is 3.02. The number of Topliss-reactive ketones (excluding diaryl/α,β-unsaturated/α-hetero) is 1. The van der Waals surface area contributed by atoms with Crippen molar-refractivity contribution in [2.75, 3.05) is 14.2 Å². The summed E-state index contributed by atoms with van der Waals surface area (Å²) in [5, 5.41) is 0. The lowest BCUT2D eigenvalue weighted by atomic mass is 9.96. The van der Waals surface area contributed by atoms with Crippen LogP contribution in [0.15, 0.2) is 12.1 Å². The summed E-state index contributed by atoms with van der Waals surface area (Å²) in [6.45, 7) is 4.28. The predicted molar refractivity (Wildman–Crippen MR) is 63.7 cm³/mol. The normalized spacial score (nSPS) is 11.2. The fourth-order valence-electron chi connectivity index (χ4n) is 1.64. The minimum absolute atomic E-state index is 0.150. The van der Waals surface area contributed by atoms with Crippen molar-refractivity contribution in [1.82, 2.24) is 0 Å². The molecule has 1 aromatic carbocycles. The van der Waals surface area contributed by atoms with E-state index in [4.69, 9.17) is 9.47 Å². The van der Waals surface area contributed by atoms with Crippen LogP contribution >= 0.6 is 0 Å². The first kappa shape index (κ1) is 13.5. The Morgan fingerprint density at radius 3 is 2.06 bits per heavy atom. The van der Waals surface area contributed by atoms with Crippen LogP contribution in [0, 0.1) is 0 Å². The Morgan fingerprint density at radius 1 is 1.18 bits per heavy atom. The van der Waals surface area contributed by atoms with Crippen LogP contribution in [0.5, 0.6) is 11.5 Å². The minimum atomic E-state index is -1.56. The van der Waals surface area contributed by atoms with Crippen molar-refractivity contribution in [2.45, 2.75) is 26.4 Å². The van der Waals surface area contributed by atoms with Gasteiger partial charge in [0.05, 0.1) is 19.8 Å². The Hall–Kier alpha value is -1.58. The van der Waals surface area contributed by atoms with Crippen LogP contribution < -0.4 is 9.47 Å². The number of alkyl halides is 1. The molecule has 0 aliphatic heterocycles. The van der Waals surface area contributed by atoms with Crippen molar-refractivity contribution in [3.63, 3.8) is 0 Å². The van der Waals surface area contributed by atoms with Crippen molar-refractivity contribution >= 4 is 5.78 Å². The van der Waals surface area contributed by atoms with E-state index in [1.807, 2.05) is 0 Å². The fourth-order valence-corrected chi connectivity index (χ4v) is 1.64. The van der Waals surface area contributed by atoms with Gasteiger partial charge in [0.15, 0.2) is 5.78 Å². The van der Waals surface area contributed by atoms with Gasteiger partial charge in [-0.2, -0.15) is 0 Å². The number of carbonyl (C=O) groups is 1. The minimum Gasteiger partial charge on any atom is -0.496 e. The monoisotopic (exact) mass is 240 g/mol. The Bertz CT molecular complexity index is 433. The number of ether oxygens (including phenoxy) is 2. The quantitative estimate of drug-likeness (QED) is 0.758. The molecule has 94 valence electrons. The third kappa shape index (κ3) is 2.75. The van der Waals surface area contributed by atoms with Crippen molar-refractivity contribution < 1.29 is 18.7 Å². The maximum absolute atomic E-state index is 14.0. The largest absolute Gasteiger partial charge is 0.496 e. The molecule has 4 heteroatoms. The predicted octanol–water partition coefficient (Wildman–Crippen LogP) is 3.11. The number of hydrogen-bond donors (Lipinski definition) is 0. The molecule has 1 aromatic rings. The van der Waals surface area contributed by atoms with E-state index in [2.05, 4.69) is 0 Å². The number of methoxy groups -OCH3 is 2. The van der Waals surface area contributed by atoms with Crippen molar-refractivity contribution in [3.8, 4) is 11.5 Å². The number of carbonyl (C=O) groups excluding carboxylic acids is 1. The van der Waals surface area contributed by atoms with Crippen molar-refractivity contribution in [3.05, 3.63) is 23.3 Å². The molecule has 0 fully saturated rings.